The van der Waals surface area contributed by atoms with Crippen molar-refractivity contribution in [3.8, 4) is 11.5 Å². The predicted octanol–water partition coefficient (Wildman–Crippen LogP) is 3.75. The zero-order valence-electron chi connectivity index (χ0n) is 19.6. The van der Waals surface area contributed by atoms with Gasteiger partial charge in [0.25, 0.3) is 11.8 Å². The molecule has 1 fully saturated rings. The van der Waals surface area contributed by atoms with Crippen LogP contribution < -0.4 is 19.1 Å². The Morgan fingerprint density at radius 3 is 2.08 bits per heavy atom. The Morgan fingerprint density at radius 1 is 0.861 bits per heavy atom. The molecule has 4 rings (SSSR count). The molecule has 10 heteroatoms. The van der Waals surface area contributed by atoms with E-state index < -0.39 is 28.0 Å². The molecule has 1 aliphatic rings. The number of amides is 4. The van der Waals surface area contributed by atoms with Crippen LogP contribution in [0.1, 0.15) is 16.7 Å². The van der Waals surface area contributed by atoms with E-state index >= 15 is 0 Å². The number of rotatable bonds is 6. The van der Waals surface area contributed by atoms with Gasteiger partial charge >= 0.3 is 16.1 Å². The number of anilines is 1. The van der Waals surface area contributed by atoms with Crippen LogP contribution >= 0.6 is 0 Å². The number of barbiturate groups is 1. The zero-order valence-corrected chi connectivity index (χ0v) is 20.5. The minimum Gasteiger partial charge on any atom is -0.497 e. The quantitative estimate of drug-likeness (QED) is 0.307. The Balaban J connectivity index is 1.75. The highest BCUT2D eigenvalue weighted by Crippen LogP contribution is 2.31. The van der Waals surface area contributed by atoms with Crippen molar-refractivity contribution in [1.29, 1.82) is 0 Å². The van der Waals surface area contributed by atoms with Crippen molar-refractivity contribution in [3.05, 3.63) is 89.0 Å². The van der Waals surface area contributed by atoms with Gasteiger partial charge in [-0.2, -0.15) is 8.42 Å². The molecule has 4 amide bonds. The van der Waals surface area contributed by atoms with Gasteiger partial charge in [-0.15, -0.1) is 0 Å². The maximum Gasteiger partial charge on any atom is 0.339 e. The van der Waals surface area contributed by atoms with Crippen molar-refractivity contribution >= 4 is 39.7 Å². The van der Waals surface area contributed by atoms with Crippen molar-refractivity contribution in [2.75, 3.05) is 12.0 Å². The number of methoxy groups -OCH3 is 1. The lowest BCUT2D eigenvalue weighted by Crippen LogP contribution is -2.54. The molecule has 0 aliphatic carbocycles. The zero-order chi connectivity index (χ0) is 26.0. The third-order valence-corrected chi connectivity index (χ3v) is 6.67. The third-order valence-electron chi connectivity index (χ3n) is 5.42. The Hall–Kier alpha value is -4.44. The van der Waals surface area contributed by atoms with Crippen LogP contribution in [0.2, 0.25) is 0 Å². The summed E-state index contributed by atoms with van der Waals surface area (Å²) in [5.41, 5.74) is 1.80. The molecule has 184 valence electrons. The van der Waals surface area contributed by atoms with E-state index in [2.05, 4.69) is 5.32 Å². The molecule has 3 aromatic rings. The molecule has 0 atom stereocenters. The van der Waals surface area contributed by atoms with E-state index in [1.165, 1.54) is 43.5 Å². The molecule has 0 bridgehead atoms. The van der Waals surface area contributed by atoms with Crippen LogP contribution in [0.5, 0.6) is 11.5 Å². The second-order valence-electron chi connectivity index (χ2n) is 8.05. The molecule has 1 heterocycles. The fourth-order valence-corrected chi connectivity index (χ4v) is 4.39. The van der Waals surface area contributed by atoms with E-state index in [1.54, 1.807) is 36.4 Å². The molecule has 1 aliphatic heterocycles. The number of benzene rings is 3. The Morgan fingerprint density at radius 2 is 1.47 bits per heavy atom. The van der Waals surface area contributed by atoms with Crippen LogP contribution in [-0.4, -0.2) is 33.4 Å². The highest BCUT2D eigenvalue weighted by atomic mass is 32.2. The molecule has 36 heavy (non-hydrogen) atoms. The standard InChI is InChI=1S/C26H22N2O7S/c1-16-4-9-19(10-5-16)28-25(30)22(24(29)27-26(28)31)14-18-8-11-20(34-3)15-23(18)35-36(32,33)21-12-6-17(2)7-13-21/h4-15H,1-3H3,(H,27,29,31)/b22-14+. The fraction of sp³-hybridized carbons (Fsp3) is 0.115. The van der Waals surface area contributed by atoms with Crippen molar-refractivity contribution in [3.63, 3.8) is 0 Å². The smallest absolute Gasteiger partial charge is 0.339 e. The van der Waals surface area contributed by atoms with Gasteiger partial charge in [-0.3, -0.25) is 14.9 Å². The summed E-state index contributed by atoms with van der Waals surface area (Å²) in [5, 5.41) is 2.14. The molecule has 0 unspecified atom stereocenters. The molecule has 0 spiro atoms. The average molecular weight is 507 g/mol. The van der Waals surface area contributed by atoms with Crippen molar-refractivity contribution in [2.45, 2.75) is 18.7 Å². The summed E-state index contributed by atoms with van der Waals surface area (Å²) in [6.45, 7) is 3.67. The van der Waals surface area contributed by atoms with Gasteiger partial charge in [-0.1, -0.05) is 35.4 Å². The highest BCUT2D eigenvalue weighted by Gasteiger charge is 2.37. The molecule has 1 saturated heterocycles. The van der Waals surface area contributed by atoms with Gasteiger partial charge < -0.3 is 8.92 Å². The number of nitrogens with one attached hydrogen (secondary N) is 1. The minimum atomic E-state index is -4.25. The van der Waals surface area contributed by atoms with Crippen molar-refractivity contribution < 1.29 is 31.7 Å². The fourth-order valence-electron chi connectivity index (χ4n) is 3.45. The molecule has 3 aromatic carbocycles. The summed E-state index contributed by atoms with van der Waals surface area (Å²) in [4.78, 5) is 39.0. The predicted molar refractivity (Wildman–Crippen MR) is 132 cm³/mol. The molecular formula is C26H22N2O7S. The Labute approximate surface area is 208 Å². The Bertz CT molecular complexity index is 1490. The lowest BCUT2D eigenvalue weighted by Gasteiger charge is -2.26. The van der Waals surface area contributed by atoms with E-state index in [4.69, 9.17) is 8.92 Å². The topological polar surface area (TPSA) is 119 Å². The van der Waals surface area contributed by atoms with E-state index in [-0.39, 0.29) is 27.5 Å². The molecule has 0 radical (unpaired) electrons. The van der Waals surface area contributed by atoms with Gasteiger partial charge in [0.05, 0.1) is 12.8 Å². The summed E-state index contributed by atoms with van der Waals surface area (Å²) >= 11 is 0. The maximum absolute atomic E-state index is 13.2. The second kappa shape index (κ2) is 9.67. The van der Waals surface area contributed by atoms with Crippen LogP contribution in [0.15, 0.2) is 77.2 Å². The summed E-state index contributed by atoms with van der Waals surface area (Å²) in [5.74, 6) is -1.66. The number of hydrogen-bond donors (Lipinski definition) is 1. The molecule has 0 saturated carbocycles. The largest absolute Gasteiger partial charge is 0.497 e. The van der Waals surface area contributed by atoms with Crippen LogP contribution in [0.4, 0.5) is 10.5 Å². The molecular weight excluding hydrogens is 484 g/mol. The first-order valence-electron chi connectivity index (χ1n) is 10.8. The summed E-state index contributed by atoms with van der Waals surface area (Å²) in [7, 11) is -2.85. The normalized spacial score (nSPS) is 15.1. The van der Waals surface area contributed by atoms with Gasteiger partial charge in [0.2, 0.25) is 0 Å². The summed E-state index contributed by atoms with van der Waals surface area (Å²) in [6, 6.07) is 16.1. The average Bonchev–Trinajstić information content (AvgIpc) is 2.83. The van der Waals surface area contributed by atoms with Gasteiger partial charge in [0.15, 0.2) is 5.75 Å². The first-order valence-corrected chi connectivity index (χ1v) is 12.2. The van der Waals surface area contributed by atoms with Gasteiger partial charge in [0.1, 0.15) is 16.2 Å². The van der Waals surface area contributed by atoms with E-state index in [0.29, 0.717) is 5.75 Å². The van der Waals surface area contributed by atoms with Gasteiger partial charge in [-0.05, 0) is 56.3 Å². The van der Waals surface area contributed by atoms with E-state index in [1.807, 2.05) is 13.8 Å². The first-order chi connectivity index (χ1) is 17.1. The summed E-state index contributed by atoms with van der Waals surface area (Å²) < 4.78 is 36.4. The third kappa shape index (κ3) is 4.98. The lowest BCUT2D eigenvalue weighted by molar-refractivity contribution is -0.122. The number of urea groups is 1. The summed E-state index contributed by atoms with van der Waals surface area (Å²) in [6.07, 6.45) is 1.17. The van der Waals surface area contributed by atoms with Crippen molar-refractivity contribution in [1.82, 2.24) is 5.32 Å². The molecule has 9 nitrogen and oxygen atoms in total. The number of imide groups is 2. The molecule has 1 N–H and O–H groups in total. The highest BCUT2D eigenvalue weighted by molar-refractivity contribution is 7.87. The second-order valence-corrected chi connectivity index (χ2v) is 9.59. The minimum absolute atomic E-state index is 0.0721. The number of hydrogen-bond acceptors (Lipinski definition) is 7. The SMILES string of the molecule is COc1ccc(/C=C2\C(=O)NC(=O)N(c3ccc(C)cc3)C2=O)c(OS(=O)(=O)c2ccc(C)cc2)c1. The maximum atomic E-state index is 13.2. The van der Waals surface area contributed by atoms with Crippen LogP contribution in [0, 0.1) is 13.8 Å². The number of carbonyl (C=O) groups excluding carboxylic acids is 3. The van der Waals surface area contributed by atoms with Gasteiger partial charge in [-0.25, -0.2) is 9.69 Å². The first kappa shape index (κ1) is 24.7. The molecule has 0 aromatic heterocycles. The van der Waals surface area contributed by atoms with Crippen LogP contribution in [-0.2, 0) is 19.7 Å². The van der Waals surface area contributed by atoms with E-state index in [9.17, 15) is 22.8 Å². The van der Waals surface area contributed by atoms with Gasteiger partial charge in [0, 0.05) is 11.6 Å². The van der Waals surface area contributed by atoms with Crippen LogP contribution in [0.3, 0.4) is 0 Å². The van der Waals surface area contributed by atoms with E-state index in [0.717, 1.165) is 16.0 Å². The number of ether oxygens (including phenoxy) is 1. The number of nitrogens with zero attached hydrogens (tertiary/aromatic N) is 1. The van der Waals surface area contributed by atoms with Crippen molar-refractivity contribution in [2.24, 2.45) is 0 Å². The number of carbonyl (C=O) groups is 3. The Kier molecular flexibility index (Phi) is 6.63. The number of aryl methyl sites for hydroxylation is 2. The lowest BCUT2D eigenvalue weighted by atomic mass is 10.1. The van der Waals surface area contributed by atoms with Crippen LogP contribution in [0.25, 0.3) is 6.08 Å². The monoisotopic (exact) mass is 506 g/mol.